The molecule has 0 aromatic carbocycles. The number of rotatable bonds is 2. The number of hydrogen-bond donors (Lipinski definition) is 1. The minimum absolute atomic E-state index is 0.225. The van der Waals surface area contributed by atoms with Crippen LogP contribution in [0.4, 0.5) is 0 Å². The summed E-state index contributed by atoms with van der Waals surface area (Å²) in [5, 5.41) is 3.44. The average Bonchev–Trinajstić information content (AvgIpc) is 2.73. The highest BCUT2D eigenvalue weighted by atomic mass is 32.1. The first-order valence-corrected chi connectivity index (χ1v) is 5.89. The third kappa shape index (κ3) is 1.79. The standard InChI is InChI=1S/C11H15NO2S/c1-6(2)9-10-7(5-12-9)4-8(15-10)11(13)14-3/h4,6,9,12H,5H2,1-3H3. The van der Waals surface area contributed by atoms with Crippen LogP contribution in [0, 0.1) is 5.92 Å². The van der Waals surface area contributed by atoms with E-state index in [-0.39, 0.29) is 5.97 Å². The van der Waals surface area contributed by atoms with Gasteiger partial charge < -0.3 is 10.1 Å². The molecule has 0 saturated heterocycles. The maximum Gasteiger partial charge on any atom is 0.348 e. The summed E-state index contributed by atoms with van der Waals surface area (Å²) in [6, 6.07) is 2.34. The monoisotopic (exact) mass is 225 g/mol. The van der Waals surface area contributed by atoms with Crippen molar-refractivity contribution < 1.29 is 9.53 Å². The fourth-order valence-electron chi connectivity index (χ4n) is 1.90. The van der Waals surface area contributed by atoms with E-state index in [4.69, 9.17) is 4.74 Å². The Labute approximate surface area is 93.4 Å². The molecule has 1 atom stereocenters. The topological polar surface area (TPSA) is 38.3 Å². The molecule has 1 aliphatic heterocycles. The Morgan fingerprint density at radius 3 is 3.00 bits per heavy atom. The number of carbonyl (C=O) groups excluding carboxylic acids is 1. The smallest absolute Gasteiger partial charge is 0.348 e. The molecular formula is C11H15NO2S. The van der Waals surface area contributed by atoms with Crippen LogP contribution in [0.25, 0.3) is 0 Å². The maximum absolute atomic E-state index is 11.4. The summed E-state index contributed by atoms with van der Waals surface area (Å²) >= 11 is 1.55. The molecule has 0 spiro atoms. The lowest BCUT2D eigenvalue weighted by molar-refractivity contribution is 0.0606. The number of esters is 1. The van der Waals surface area contributed by atoms with Crippen molar-refractivity contribution in [3.63, 3.8) is 0 Å². The van der Waals surface area contributed by atoms with E-state index >= 15 is 0 Å². The molecule has 0 radical (unpaired) electrons. The number of fused-ring (bicyclic) bond motifs is 1. The van der Waals surface area contributed by atoms with Gasteiger partial charge in [0.05, 0.1) is 7.11 Å². The van der Waals surface area contributed by atoms with Gasteiger partial charge in [0.2, 0.25) is 0 Å². The fraction of sp³-hybridized carbons (Fsp3) is 0.545. The lowest BCUT2D eigenvalue weighted by Gasteiger charge is -2.14. The van der Waals surface area contributed by atoms with E-state index in [2.05, 4.69) is 19.2 Å². The number of carbonyl (C=O) groups is 1. The van der Waals surface area contributed by atoms with Gasteiger partial charge in [-0.15, -0.1) is 11.3 Å². The zero-order chi connectivity index (χ0) is 11.0. The van der Waals surface area contributed by atoms with Crippen molar-refractivity contribution >= 4 is 17.3 Å². The van der Waals surface area contributed by atoms with Gasteiger partial charge in [0.1, 0.15) is 4.88 Å². The molecule has 15 heavy (non-hydrogen) atoms. The summed E-state index contributed by atoms with van der Waals surface area (Å²) in [6.07, 6.45) is 0. The van der Waals surface area contributed by atoms with Crippen LogP contribution in [0.1, 0.15) is 40.0 Å². The summed E-state index contributed by atoms with van der Waals surface area (Å²) in [7, 11) is 1.42. The summed E-state index contributed by atoms with van der Waals surface area (Å²) in [6.45, 7) is 5.24. The van der Waals surface area contributed by atoms with E-state index in [0.29, 0.717) is 12.0 Å². The van der Waals surface area contributed by atoms with Crippen LogP contribution in [0.15, 0.2) is 6.07 Å². The van der Waals surface area contributed by atoms with E-state index in [1.165, 1.54) is 17.6 Å². The van der Waals surface area contributed by atoms with E-state index in [1.54, 1.807) is 11.3 Å². The number of ether oxygens (including phenoxy) is 1. The third-order valence-electron chi connectivity index (χ3n) is 2.69. The second-order valence-electron chi connectivity index (χ2n) is 4.09. The highest BCUT2D eigenvalue weighted by Crippen LogP contribution is 2.37. The van der Waals surface area contributed by atoms with Gasteiger partial charge in [-0.1, -0.05) is 13.8 Å². The highest BCUT2D eigenvalue weighted by molar-refractivity contribution is 7.14. The zero-order valence-corrected chi connectivity index (χ0v) is 9.98. The number of hydrogen-bond acceptors (Lipinski definition) is 4. The van der Waals surface area contributed by atoms with Gasteiger partial charge in [0, 0.05) is 17.5 Å². The molecule has 1 aliphatic rings. The first kappa shape index (κ1) is 10.6. The second-order valence-corrected chi connectivity index (χ2v) is 5.18. The molecule has 2 heterocycles. The molecule has 0 bridgehead atoms. The normalized spacial score (nSPS) is 19.3. The van der Waals surface area contributed by atoms with E-state index in [1.807, 2.05) is 6.07 Å². The van der Waals surface area contributed by atoms with Crippen LogP contribution >= 0.6 is 11.3 Å². The van der Waals surface area contributed by atoms with Crippen molar-refractivity contribution in [1.82, 2.24) is 5.32 Å². The van der Waals surface area contributed by atoms with Gasteiger partial charge in [-0.05, 0) is 17.5 Å². The number of nitrogens with one attached hydrogen (secondary N) is 1. The van der Waals surface area contributed by atoms with Crippen molar-refractivity contribution in [1.29, 1.82) is 0 Å². The second kappa shape index (κ2) is 3.94. The lowest BCUT2D eigenvalue weighted by atomic mass is 10.0. The first-order chi connectivity index (χ1) is 7.13. The van der Waals surface area contributed by atoms with Gasteiger partial charge >= 0.3 is 5.97 Å². The Morgan fingerprint density at radius 2 is 2.40 bits per heavy atom. The maximum atomic E-state index is 11.4. The Morgan fingerprint density at radius 1 is 1.67 bits per heavy atom. The van der Waals surface area contributed by atoms with Crippen LogP contribution in [0.3, 0.4) is 0 Å². The van der Waals surface area contributed by atoms with Crippen LogP contribution in [0.5, 0.6) is 0 Å². The molecule has 1 aromatic rings. The van der Waals surface area contributed by atoms with E-state index in [0.717, 1.165) is 11.4 Å². The summed E-state index contributed by atoms with van der Waals surface area (Å²) in [5.74, 6) is 0.326. The summed E-state index contributed by atoms with van der Waals surface area (Å²) < 4.78 is 4.72. The largest absolute Gasteiger partial charge is 0.465 e. The van der Waals surface area contributed by atoms with Gasteiger partial charge in [-0.2, -0.15) is 0 Å². The molecule has 1 aromatic heterocycles. The van der Waals surface area contributed by atoms with Gasteiger partial charge in [0.25, 0.3) is 0 Å². The molecule has 0 amide bonds. The fourth-order valence-corrected chi connectivity index (χ4v) is 3.25. The van der Waals surface area contributed by atoms with E-state index in [9.17, 15) is 4.79 Å². The molecule has 1 unspecified atom stereocenters. The van der Waals surface area contributed by atoms with Gasteiger partial charge in [-0.25, -0.2) is 4.79 Å². The Hall–Kier alpha value is -0.870. The Kier molecular flexibility index (Phi) is 2.80. The molecule has 1 N–H and O–H groups in total. The molecule has 2 rings (SSSR count). The van der Waals surface area contributed by atoms with Crippen LogP contribution in [0.2, 0.25) is 0 Å². The number of thiophene rings is 1. The molecule has 0 aliphatic carbocycles. The molecule has 0 fully saturated rings. The Balaban J connectivity index is 2.30. The quantitative estimate of drug-likeness (QED) is 0.785. The summed E-state index contributed by atoms with van der Waals surface area (Å²) in [4.78, 5) is 13.4. The van der Waals surface area contributed by atoms with Crippen molar-refractivity contribution in [3.05, 3.63) is 21.4 Å². The van der Waals surface area contributed by atoms with Crippen molar-refractivity contribution in [3.8, 4) is 0 Å². The van der Waals surface area contributed by atoms with Gasteiger partial charge in [0.15, 0.2) is 0 Å². The molecule has 0 saturated carbocycles. The Bertz CT molecular complexity index is 384. The molecule has 3 nitrogen and oxygen atoms in total. The predicted molar refractivity (Wildman–Crippen MR) is 60.1 cm³/mol. The molecule has 4 heteroatoms. The zero-order valence-electron chi connectivity index (χ0n) is 9.16. The lowest BCUT2D eigenvalue weighted by Crippen LogP contribution is -2.17. The van der Waals surface area contributed by atoms with Crippen molar-refractivity contribution in [2.24, 2.45) is 5.92 Å². The highest BCUT2D eigenvalue weighted by Gasteiger charge is 2.28. The van der Waals surface area contributed by atoms with Crippen molar-refractivity contribution in [2.45, 2.75) is 26.4 Å². The number of methoxy groups -OCH3 is 1. The average molecular weight is 225 g/mol. The predicted octanol–water partition coefficient (Wildman–Crippen LogP) is 2.34. The van der Waals surface area contributed by atoms with Crippen LogP contribution in [-0.2, 0) is 11.3 Å². The van der Waals surface area contributed by atoms with Crippen LogP contribution in [-0.4, -0.2) is 13.1 Å². The molecular weight excluding hydrogens is 210 g/mol. The summed E-state index contributed by atoms with van der Waals surface area (Å²) in [5.41, 5.74) is 1.25. The van der Waals surface area contributed by atoms with Crippen molar-refractivity contribution in [2.75, 3.05) is 7.11 Å². The third-order valence-corrected chi connectivity index (χ3v) is 3.93. The van der Waals surface area contributed by atoms with Crippen LogP contribution < -0.4 is 5.32 Å². The minimum Gasteiger partial charge on any atom is -0.465 e. The first-order valence-electron chi connectivity index (χ1n) is 5.07. The molecule has 82 valence electrons. The van der Waals surface area contributed by atoms with E-state index < -0.39 is 0 Å². The minimum atomic E-state index is -0.225. The van der Waals surface area contributed by atoms with Gasteiger partial charge in [-0.3, -0.25) is 0 Å². The SMILES string of the molecule is COC(=O)c1cc2c(s1)C(C(C)C)NC2.